The van der Waals surface area contributed by atoms with Gasteiger partial charge in [-0.3, -0.25) is 0 Å². The van der Waals surface area contributed by atoms with Crippen LogP contribution in [0.3, 0.4) is 0 Å². The van der Waals surface area contributed by atoms with Gasteiger partial charge in [0.2, 0.25) is 0 Å². The van der Waals surface area contributed by atoms with E-state index in [4.69, 9.17) is 4.74 Å². The van der Waals surface area contributed by atoms with Crippen molar-refractivity contribution in [3.8, 4) is 5.75 Å². The highest BCUT2D eigenvalue weighted by Gasteiger charge is 2.21. The fraction of sp³-hybridized carbons (Fsp3) is 0.600. The summed E-state index contributed by atoms with van der Waals surface area (Å²) in [4.78, 5) is 2.23. The maximum atomic E-state index is 5.25. The third-order valence-corrected chi connectivity index (χ3v) is 4.35. The van der Waals surface area contributed by atoms with Crippen molar-refractivity contribution in [1.82, 2.24) is 10.2 Å². The Morgan fingerprint density at radius 2 is 2.00 bits per heavy atom. The molecule has 0 saturated heterocycles. The summed E-state index contributed by atoms with van der Waals surface area (Å²) in [7, 11) is 5.90. The van der Waals surface area contributed by atoms with Crippen LogP contribution in [-0.2, 0) is 0 Å². The first kappa shape index (κ1) is 16.5. The lowest BCUT2D eigenvalue weighted by atomic mass is 10.0. The average Bonchev–Trinajstić information content (AvgIpc) is 2.35. The fourth-order valence-electron chi connectivity index (χ4n) is 1.63. The first-order valence-corrected chi connectivity index (χ1v) is 7.31. The van der Waals surface area contributed by atoms with Crippen LogP contribution in [0, 0.1) is 0 Å². The van der Waals surface area contributed by atoms with Crippen LogP contribution in [0.1, 0.15) is 32.4 Å². The number of benzene rings is 1. The van der Waals surface area contributed by atoms with Crippen LogP contribution in [0.2, 0.25) is 0 Å². The van der Waals surface area contributed by atoms with Crippen molar-refractivity contribution < 1.29 is 4.74 Å². The Kier molecular flexibility index (Phi) is 5.83. The maximum Gasteiger partial charge on any atom is 0.133 e. The number of nitrogens with zero attached hydrogens (tertiary/aromatic N) is 1. The van der Waals surface area contributed by atoms with Gasteiger partial charge >= 0.3 is 0 Å². The Balaban J connectivity index is 2.68. The molecule has 1 unspecified atom stereocenters. The Labute approximate surface area is 125 Å². The molecule has 0 aliphatic rings. The largest absolute Gasteiger partial charge is 0.496 e. The van der Waals surface area contributed by atoms with Gasteiger partial charge in [0.1, 0.15) is 5.75 Å². The van der Waals surface area contributed by atoms with Gasteiger partial charge in [-0.1, -0.05) is 6.07 Å². The van der Waals surface area contributed by atoms with Gasteiger partial charge in [-0.05, 0) is 68.5 Å². The number of likely N-dealkylation sites (N-methyl/N-ethyl adjacent to an activating group) is 1. The zero-order valence-electron chi connectivity index (χ0n) is 12.7. The molecular weight excluding hydrogens is 304 g/mol. The smallest absolute Gasteiger partial charge is 0.133 e. The molecule has 108 valence electrons. The lowest BCUT2D eigenvalue weighted by Crippen LogP contribution is -2.47. The predicted octanol–water partition coefficient (Wildman–Crippen LogP) is 3.45. The Morgan fingerprint density at radius 1 is 1.37 bits per heavy atom. The highest BCUT2D eigenvalue weighted by molar-refractivity contribution is 9.10. The number of hydrogen-bond acceptors (Lipinski definition) is 3. The molecule has 0 amide bonds. The van der Waals surface area contributed by atoms with Crippen LogP contribution in [0.4, 0.5) is 0 Å². The van der Waals surface area contributed by atoms with Crippen molar-refractivity contribution in [1.29, 1.82) is 0 Å². The van der Waals surface area contributed by atoms with Gasteiger partial charge in [0.25, 0.3) is 0 Å². The number of hydrogen-bond donors (Lipinski definition) is 1. The Morgan fingerprint density at radius 3 is 2.47 bits per heavy atom. The van der Waals surface area contributed by atoms with Crippen molar-refractivity contribution in [2.75, 3.05) is 27.7 Å². The first-order chi connectivity index (χ1) is 8.77. The van der Waals surface area contributed by atoms with Crippen LogP contribution >= 0.6 is 15.9 Å². The third kappa shape index (κ3) is 4.48. The van der Waals surface area contributed by atoms with Gasteiger partial charge in [-0.2, -0.15) is 0 Å². The van der Waals surface area contributed by atoms with Crippen molar-refractivity contribution in [3.63, 3.8) is 0 Å². The second kappa shape index (κ2) is 6.73. The van der Waals surface area contributed by atoms with Crippen molar-refractivity contribution >= 4 is 15.9 Å². The Bertz CT molecular complexity index is 419. The van der Waals surface area contributed by atoms with E-state index in [2.05, 4.69) is 73.1 Å². The summed E-state index contributed by atoms with van der Waals surface area (Å²) in [5, 5.41) is 3.58. The van der Waals surface area contributed by atoms with E-state index in [1.165, 1.54) is 5.56 Å². The van der Waals surface area contributed by atoms with E-state index in [0.29, 0.717) is 6.04 Å². The van der Waals surface area contributed by atoms with Crippen LogP contribution < -0.4 is 10.1 Å². The van der Waals surface area contributed by atoms with Crippen molar-refractivity contribution in [3.05, 3.63) is 28.2 Å². The lowest BCUT2D eigenvalue weighted by Gasteiger charge is -2.34. The van der Waals surface area contributed by atoms with Crippen LogP contribution in [0.25, 0.3) is 0 Å². The normalized spacial score (nSPS) is 13.7. The first-order valence-electron chi connectivity index (χ1n) is 6.52. The monoisotopic (exact) mass is 328 g/mol. The number of nitrogens with one attached hydrogen (secondary N) is 1. The molecule has 1 aromatic carbocycles. The van der Waals surface area contributed by atoms with Crippen molar-refractivity contribution in [2.45, 2.75) is 32.4 Å². The number of ether oxygens (including phenoxy) is 1. The molecule has 0 aliphatic carbocycles. The standard InChI is InChI=1S/C15H25BrN2O/c1-11(17-10-15(2,3)18(4)5)12-7-8-14(19-6)13(16)9-12/h7-9,11,17H,10H2,1-6H3. The molecule has 1 rings (SSSR count). The van der Waals surface area contributed by atoms with Crippen LogP contribution in [0.15, 0.2) is 22.7 Å². The van der Waals surface area contributed by atoms with E-state index < -0.39 is 0 Å². The molecule has 0 spiro atoms. The number of rotatable bonds is 6. The predicted molar refractivity (Wildman–Crippen MR) is 84.9 cm³/mol. The average molecular weight is 329 g/mol. The maximum absolute atomic E-state index is 5.25. The summed E-state index contributed by atoms with van der Waals surface area (Å²) in [6, 6.07) is 6.51. The minimum Gasteiger partial charge on any atom is -0.496 e. The van der Waals surface area contributed by atoms with Gasteiger partial charge in [0.05, 0.1) is 11.6 Å². The summed E-state index contributed by atoms with van der Waals surface area (Å²) < 4.78 is 6.24. The van der Waals surface area contributed by atoms with Crippen LogP contribution in [0.5, 0.6) is 5.75 Å². The molecule has 0 aromatic heterocycles. The molecule has 1 N–H and O–H groups in total. The highest BCUT2D eigenvalue weighted by atomic mass is 79.9. The molecule has 0 fully saturated rings. The summed E-state index contributed by atoms with van der Waals surface area (Å²) in [6.45, 7) is 7.58. The van der Waals surface area contributed by atoms with E-state index >= 15 is 0 Å². The van der Waals surface area contributed by atoms with E-state index in [-0.39, 0.29) is 5.54 Å². The number of halogens is 1. The minimum atomic E-state index is 0.137. The van der Waals surface area contributed by atoms with Gasteiger partial charge in [-0.25, -0.2) is 0 Å². The Hall–Kier alpha value is -0.580. The lowest BCUT2D eigenvalue weighted by molar-refractivity contribution is 0.185. The van der Waals surface area contributed by atoms with E-state index in [0.717, 1.165) is 16.8 Å². The van der Waals surface area contributed by atoms with Crippen LogP contribution in [-0.4, -0.2) is 38.2 Å². The molecule has 19 heavy (non-hydrogen) atoms. The van der Waals surface area contributed by atoms with E-state index in [1.54, 1.807) is 7.11 Å². The summed E-state index contributed by atoms with van der Waals surface area (Å²) in [5.74, 6) is 0.865. The SMILES string of the molecule is COc1ccc(C(C)NCC(C)(C)N(C)C)cc1Br. The summed E-state index contributed by atoms with van der Waals surface area (Å²) in [5.41, 5.74) is 1.39. The minimum absolute atomic E-state index is 0.137. The molecular formula is C15H25BrN2O. The molecule has 0 heterocycles. The highest BCUT2D eigenvalue weighted by Crippen LogP contribution is 2.28. The zero-order valence-corrected chi connectivity index (χ0v) is 14.3. The molecule has 4 heteroatoms. The quantitative estimate of drug-likeness (QED) is 0.865. The third-order valence-electron chi connectivity index (χ3n) is 3.73. The van der Waals surface area contributed by atoms with Gasteiger partial charge in [0.15, 0.2) is 0 Å². The van der Waals surface area contributed by atoms with E-state index in [9.17, 15) is 0 Å². The molecule has 0 bridgehead atoms. The van der Waals surface area contributed by atoms with Gasteiger partial charge in [-0.15, -0.1) is 0 Å². The summed E-state index contributed by atoms with van der Waals surface area (Å²) >= 11 is 3.53. The molecule has 3 nitrogen and oxygen atoms in total. The van der Waals surface area contributed by atoms with Crippen molar-refractivity contribution in [2.24, 2.45) is 0 Å². The molecule has 0 aliphatic heterocycles. The molecule has 0 saturated carbocycles. The van der Waals surface area contributed by atoms with E-state index in [1.807, 2.05) is 6.07 Å². The number of methoxy groups -OCH3 is 1. The second-order valence-corrected chi connectivity index (χ2v) is 6.56. The topological polar surface area (TPSA) is 24.5 Å². The fourth-order valence-corrected chi connectivity index (χ4v) is 2.19. The molecule has 0 radical (unpaired) electrons. The molecule has 1 aromatic rings. The summed E-state index contributed by atoms with van der Waals surface area (Å²) in [6.07, 6.45) is 0. The second-order valence-electron chi connectivity index (χ2n) is 5.70. The van der Waals surface area contributed by atoms with Gasteiger partial charge < -0.3 is 15.0 Å². The zero-order chi connectivity index (χ0) is 14.6. The van der Waals surface area contributed by atoms with Gasteiger partial charge in [0, 0.05) is 18.1 Å². The molecule has 1 atom stereocenters.